The zero-order valence-corrected chi connectivity index (χ0v) is 10.5. The van der Waals surface area contributed by atoms with Crippen molar-refractivity contribution in [1.82, 2.24) is 4.90 Å². The zero-order valence-electron chi connectivity index (χ0n) is 10.5. The van der Waals surface area contributed by atoms with E-state index < -0.39 is 18.1 Å². The van der Waals surface area contributed by atoms with Crippen LogP contribution in [0.1, 0.15) is 20.3 Å². The fourth-order valence-electron chi connectivity index (χ4n) is 1.63. The number of hydrogen-bond donors (Lipinski definition) is 0. The van der Waals surface area contributed by atoms with E-state index in [4.69, 9.17) is 4.74 Å². The molecule has 5 nitrogen and oxygen atoms in total. The summed E-state index contributed by atoms with van der Waals surface area (Å²) in [7, 11) is 1.31. The van der Waals surface area contributed by atoms with Gasteiger partial charge in [-0.05, 0) is 12.3 Å². The molecule has 0 aromatic heterocycles. The smallest absolute Gasteiger partial charge is 0.411 e. The second-order valence-electron chi connectivity index (χ2n) is 4.35. The first-order chi connectivity index (χ1) is 8.01. The minimum Gasteiger partial charge on any atom is -0.467 e. The molecule has 1 fully saturated rings. The fourth-order valence-corrected chi connectivity index (χ4v) is 1.63. The largest absolute Gasteiger partial charge is 0.467 e. The molecule has 0 radical (unpaired) electrons. The Balaban J connectivity index is 2.53. The van der Waals surface area contributed by atoms with Gasteiger partial charge < -0.3 is 9.47 Å². The van der Waals surface area contributed by atoms with Gasteiger partial charge in [0.05, 0.1) is 7.11 Å². The molecule has 0 spiro atoms. The lowest BCUT2D eigenvalue weighted by atomic mass is 10.0. The van der Waals surface area contributed by atoms with Crippen LogP contribution in [0.3, 0.4) is 0 Å². The first-order valence-corrected chi connectivity index (χ1v) is 5.69. The van der Waals surface area contributed by atoms with E-state index in [1.807, 2.05) is 13.8 Å². The Morgan fingerprint density at radius 2 is 2.12 bits per heavy atom. The molecule has 2 atom stereocenters. The molecule has 0 aromatic carbocycles. The summed E-state index contributed by atoms with van der Waals surface area (Å²) in [6, 6.07) is -0.495. The number of hydrogen-bond acceptors (Lipinski definition) is 4. The highest BCUT2D eigenvalue weighted by Crippen LogP contribution is 2.21. The van der Waals surface area contributed by atoms with Crippen LogP contribution in [0.15, 0.2) is 12.7 Å². The van der Waals surface area contributed by atoms with Crippen LogP contribution in [0.5, 0.6) is 0 Å². The SMILES string of the molecule is C=CC(OC(=O)N1CCC1C(=O)OC)C(C)C. The third-order valence-electron chi connectivity index (χ3n) is 2.85. The van der Waals surface area contributed by atoms with Crippen LogP contribution >= 0.6 is 0 Å². The molecule has 96 valence electrons. The first kappa shape index (κ1) is 13.5. The third-order valence-corrected chi connectivity index (χ3v) is 2.85. The van der Waals surface area contributed by atoms with E-state index in [1.54, 1.807) is 6.08 Å². The second-order valence-corrected chi connectivity index (χ2v) is 4.35. The van der Waals surface area contributed by atoms with E-state index in [2.05, 4.69) is 11.3 Å². The predicted octanol–water partition coefficient (Wildman–Crippen LogP) is 1.58. The molecule has 17 heavy (non-hydrogen) atoms. The Hall–Kier alpha value is -1.52. The highest BCUT2D eigenvalue weighted by atomic mass is 16.6. The molecule has 0 bridgehead atoms. The van der Waals surface area contributed by atoms with E-state index in [0.29, 0.717) is 13.0 Å². The van der Waals surface area contributed by atoms with Crippen molar-refractivity contribution in [2.45, 2.75) is 32.4 Å². The fraction of sp³-hybridized carbons (Fsp3) is 0.667. The van der Waals surface area contributed by atoms with E-state index in [-0.39, 0.29) is 12.0 Å². The predicted molar refractivity (Wildman–Crippen MR) is 62.4 cm³/mol. The maximum atomic E-state index is 11.8. The van der Waals surface area contributed by atoms with Crippen molar-refractivity contribution in [1.29, 1.82) is 0 Å². The Bertz CT molecular complexity index is 314. The number of methoxy groups -OCH3 is 1. The number of carbonyl (C=O) groups excluding carboxylic acids is 2. The molecule has 1 amide bonds. The Labute approximate surface area is 101 Å². The molecule has 1 aliphatic rings. The number of nitrogens with zero attached hydrogens (tertiary/aromatic N) is 1. The summed E-state index contributed by atoms with van der Waals surface area (Å²) in [5.41, 5.74) is 0. The van der Waals surface area contributed by atoms with Gasteiger partial charge in [0, 0.05) is 6.54 Å². The summed E-state index contributed by atoms with van der Waals surface area (Å²) >= 11 is 0. The number of carbonyl (C=O) groups is 2. The number of ether oxygens (including phenoxy) is 2. The van der Waals surface area contributed by atoms with Crippen LogP contribution in [0, 0.1) is 5.92 Å². The maximum Gasteiger partial charge on any atom is 0.411 e. The second kappa shape index (κ2) is 5.70. The van der Waals surface area contributed by atoms with Crippen LogP contribution in [-0.4, -0.2) is 42.8 Å². The summed E-state index contributed by atoms with van der Waals surface area (Å²) in [6.07, 6.45) is 1.41. The van der Waals surface area contributed by atoms with Crippen molar-refractivity contribution in [2.24, 2.45) is 5.92 Å². The van der Waals surface area contributed by atoms with Crippen LogP contribution in [0.25, 0.3) is 0 Å². The van der Waals surface area contributed by atoms with Gasteiger partial charge >= 0.3 is 12.1 Å². The lowest BCUT2D eigenvalue weighted by Gasteiger charge is -2.38. The molecular formula is C12H19NO4. The molecule has 2 unspecified atom stereocenters. The summed E-state index contributed by atoms with van der Waals surface area (Å²) in [5.74, 6) is -0.234. The van der Waals surface area contributed by atoms with Gasteiger partial charge in [0.15, 0.2) is 0 Å². The van der Waals surface area contributed by atoms with E-state index in [1.165, 1.54) is 12.0 Å². The Kier molecular flexibility index (Phi) is 4.54. The van der Waals surface area contributed by atoms with Crippen LogP contribution in [0.4, 0.5) is 4.79 Å². The molecule has 1 aliphatic heterocycles. The summed E-state index contributed by atoms with van der Waals surface area (Å²) in [6.45, 7) is 8.03. The summed E-state index contributed by atoms with van der Waals surface area (Å²) in [5, 5.41) is 0. The van der Waals surface area contributed by atoms with Gasteiger partial charge in [-0.25, -0.2) is 9.59 Å². The lowest BCUT2D eigenvalue weighted by Crippen LogP contribution is -2.56. The molecule has 0 aromatic rings. The van der Waals surface area contributed by atoms with Crippen molar-refractivity contribution in [2.75, 3.05) is 13.7 Å². The minimum atomic E-state index is -0.495. The average Bonchev–Trinajstić information content (AvgIpc) is 2.23. The highest BCUT2D eigenvalue weighted by molar-refractivity contribution is 5.83. The van der Waals surface area contributed by atoms with Crippen molar-refractivity contribution >= 4 is 12.1 Å². The monoisotopic (exact) mass is 241 g/mol. The number of esters is 1. The Morgan fingerprint density at radius 3 is 2.47 bits per heavy atom. The quantitative estimate of drug-likeness (QED) is 0.554. The maximum absolute atomic E-state index is 11.8. The van der Waals surface area contributed by atoms with Crippen molar-refractivity contribution < 1.29 is 19.1 Å². The third kappa shape index (κ3) is 2.99. The number of amides is 1. The van der Waals surface area contributed by atoms with Gasteiger partial charge in [0.2, 0.25) is 0 Å². The van der Waals surface area contributed by atoms with E-state index >= 15 is 0 Å². The number of likely N-dealkylation sites (tertiary alicyclic amines) is 1. The van der Waals surface area contributed by atoms with Crippen molar-refractivity contribution in [3.63, 3.8) is 0 Å². The molecular weight excluding hydrogens is 222 g/mol. The van der Waals surface area contributed by atoms with Crippen molar-refractivity contribution in [3.05, 3.63) is 12.7 Å². The molecule has 1 rings (SSSR count). The van der Waals surface area contributed by atoms with Crippen molar-refractivity contribution in [3.8, 4) is 0 Å². The molecule has 1 heterocycles. The lowest BCUT2D eigenvalue weighted by molar-refractivity contribution is -0.150. The normalized spacial score (nSPS) is 20.5. The van der Waals surface area contributed by atoms with Gasteiger partial charge in [0.25, 0.3) is 0 Å². The summed E-state index contributed by atoms with van der Waals surface area (Å²) in [4.78, 5) is 24.5. The highest BCUT2D eigenvalue weighted by Gasteiger charge is 2.40. The van der Waals surface area contributed by atoms with Gasteiger partial charge in [-0.15, -0.1) is 0 Å². The van der Waals surface area contributed by atoms with Gasteiger partial charge in [-0.1, -0.05) is 26.5 Å². The van der Waals surface area contributed by atoms with Gasteiger partial charge in [-0.2, -0.15) is 0 Å². The number of rotatable bonds is 4. The van der Waals surface area contributed by atoms with Crippen LogP contribution < -0.4 is 0 Å². The molecule has 1 saturated heterocycles. The average molecular weight is 241 g/mol. The van der Waals surface area contributed by atoms with Gasteiger partial charge in [-0.3, -0.25) is 4.90 Å². The van der Waals surface area contributed by atoms with E-state index in [0.717, 1.165) is 0 Å². The van der Waals surface area contributed by atoms with Gasteiger partial charge in [0.1, 0.15) is 12.1 Å². The van der Waals surface area contributed by atoms with Crippen LogP contribution in [0.2, 0.25) is 0 Å². The molecule has 0 N–H and O–H groups in total. The van der Waals surface area contributed by atoms with E-state index in [9.17, 15) is 9.59 Å². The zero-order chi connectivity index (χ0) is 13.0. The minimum absolute atomic E-state index is 0.161. The first-order valence-electron chi connectivity index (χ1n) is 5.69. The summed E-state index contributed by atoms with van der Waals surface area (Å²) < 4.78 is 9.86. The Morgan fingerprint density at radius 1 is 1.47 bits per heavy atom. The van der Waals surface area contributed by atoms with Crippen LogP contribution in [-0.2, 0) is 14.3 Å². The standard InChI is InChI=1S/C12H19NO4/c1-5-10(8(2)3)17-12(15)13-7-6-9(13)11(14)16-4/h5,8-10H,1,6-7H2,2-4H3. The molecule has 0 aliphatic carbocycles. The molecule has 5 heteroatoms. The topological polar surface area (TPSA) is 55.8 Å². The molecule has 0 saturated carbocycles.